The van der Waals surface area contributed by atoms with Crippen LogP contribution in [0, 0.1) is 5.82 Å². The van der Waals surface area contributed by atoms with E-state index < -0.39 is 23.5 Å². The number of amides is 1. The second-order valence-corrected chi connectivity index (χ2v) is 9.53. The van der Waals surface area contributed by atoms with E-state index >= 15 is 0 Å². The Hall–Kier alpha value is -4.11. The van der Waals surface area contributed by atoms with Gasteiger partial charge in [-0.15, -0.1) is 0 Å². The molecule has 0 saturated carbocycles. The van der Waals surface area contributed by atoms with Crippen LogP contribution >= 0.6 is 11.3 Å². The van der Waals surface area contributed by atoms with Crippen LogP contribution in [-0.4, -0.2) is 32.9 Å². The molecular weight excluding hydrogens is 469 g/mol. The third kappa shape index (κ3) is 3.47. The number of anilines is 1. The van der Waals surface area contributed by atoms with Crippen LogP contribution in [0.5, 0.6) is 5.75 Å². The lowest BCUT2D eigenvalue weighted by Gasteiger charge is -2.22. The van der Waals surface area contributed by atoms with E-state index in [1.54, 1.807) is 42.7 Å². The van der Waals surface area contributed by atoms with Gasteiger partial charge in [0.2, 0.25) is 0 Å². The van der Waals surface area contributed by atoms with Crippen LogP contribution in [0.4, 0.5) is 9.52 Å². The van der Waals surface area contributed by atoms with Crippen molar-refractivity contribution in [3.8, 4) is 5.75 Å². The molecule has 2 aromatic carbocycles. The summed E-state index contributed by atoms with van der Waals surface area (Å²) in [5.41, 5.74) is 2.32. The summed E-state index contributed by atoms with van der Waals surface area (Å²) in [5, 5.41) is 11.6. The second-order valence-electron chi connectivity index (χ2n) is 8.52. The maximum absolute atomic E-state index is 13.8. The van der Waals surface area contributed by atoms with Gasteiger partial charge >= 0.3 is 5.91 Å². The van der Waals surface area contributed by atoms with Crippen molar-refractivity contribution in [2.45, 2.75) is 25.5 Å². The molecule has 1 saturated heterocycles. The molecule has 35 heavy (non-hydrogen) atoms. The first-order chi connectivity index (χ1) is 16.9. The van der Waals surface area contributed by atoms with Crippen LogP contribution in [0.25, 0.3) is 16.0 Å². The van der Waals surface area contributed by atoms with Gasteiger partial charge in [0.15, 0.2) is 5.13 Å². The first kappa shape index (κ1) is 21.4. The predicted molar refractivity (Wildman–Crippen MR) is 129 cm³/mol. The van der Waals surface area contributed by atoms with Crippen molar-refractivity contribution < 1.29 is 23.8 Å². The number of Topliss-reactive ketones (excluding diaryl/α,β-unsaturated/α-hetero) is 1. The van der Waals surface area contributed by atoms with E-state index in [4.69, 9.17) is 4.74 Å². The molecule has 0 spiro atoms. The average Bonchev–Trinajstić information content (AvgIpc) is 3.51. The number of halogens is 1. The molecule has 2 aliphatic rings. The molecule has 9 heteroatoms. The standard InChI is InChI=1S/C26H18FN3O4S/c1-13-9-16-10-14(4-7-19(16)34-13)23(31)21-22(15-3-2-8-28-12-15)30(25(33)24(21)32)26-29-18-6-5-17(27)11-20(18)35-26/h2-8,10-13,22,31H,9H2,1H3/b23-21+/t13-,22-/m1/s1. The molecule has 2 aliphatic heterocycles. The monoisotopic (exact) mass is 487 g/mol. The predicted octanol–water partition coefficient (Wildman–Crippen LogP) is 4.78. The van der Waals surface area contributed by atoms with Gasteiger partial charge in [0.05, 0.1) is 21.8 Å². The van der Waals surface area contributed by atoms with Crippen molar-refractivity contribution in [3.63, 3.8) is 0 Å². The Morgan fingerprint density at radius 1 is 1.20 bits per heavy atom. The van der Waals surface area contributed by atoms with Gasteiger partial charge in [0.1, 0.15) is 23.4 Å². The lowest BCUT2D eigenvalue weighted by atomic mass is 9.95. The summed E-state index contributed by atoms with van der Waals surface area (Å²) in [4.78, 5) is 36.5. The van der Waals surface area contributed by atoms with Gasteiger partial charge in [-0.3, -0.25) is 19.5 Å². The molecule has 174 valence electrons. The lowest BCUT2D eigenvalue weighted by molar-refractivity contribution is -0.132. The maximum Gasteiger partial charge on any atom is 0.301 e. The number of fused-ring (bicyclic) bond motifs is 2. The van der Waals surface area contributed by atoms with Gasteiger partial charge < -0.3 is 9.84 Å². The van der Waals surface area contributed by atoms with E-state index in [-0.39, 0.29) is 22.6 Å². The zero-order chi connectivity index (χ0) is 24.3. The van der Waals surface area contributed by atoms with Crippen molar-refractivity contribution >= 4 is 44.1 Å². The fourth-order valence-electron chi connectivity index (χ4n) is 4.60. The highest BCUT2D eigenvalue weighted by Crippen LogP contribution is 2.44. The Kier molecular flexibility index (Phi) is 4.89. The smallest absolute Gasteiger partial charge is 0.301 e. The minimum atomic E-state index is -0.947. The van der Waals surface area contributed by atoms with Crippen molar-refractivity contribution in [2.75, 3.05) is 4.90 Å². The molecule has 1 amide bonds. The van der Waals surface area contributed by atoms with Crippen LogP contribution in [0.2, 0.25) is 0 Å². The van der Waals surface area contributed by atoms with E-state index in [1.807, 2.05) is 6.92 Å². The normalized spacial score (nSPS) is 20.9. The Labute approximate surface area is 203 Å². The van der Waals surface area contributed by atoms with E-state index in [9.17, 15) is 19.1 Å². The minimum Gasteiger partial charge on any atom is -0.507 e. The minimum absolute atomic E-state index is 0.0206. The molecule has 0 bridgehead atoms. The van der Waals surface area contributed by atoms with E-state index in [1.165, 1.54) is 23.1 Å². The Balaban J connectivity index is 1.53. The molecule has 4 heterocycles. The fraction of sp³-hybridized carbons (Fsp3) is 0.154. The summed E-state index contributed by atoms with van der Waals surface area (Å²) in [5.74, 6) is -1.62. The summed E-state index contributed by atoms with van der Waals surface area (Å²) in [6.07, 6.45) is 3.83. The number of carbonyl (C=O) groups is 2. The summed E-state index contributed by atoms with van der Waals surface area (Å²) in [6.45, 7) is 1.96. The topological polar surface area (TPSA) is 92.6 Å². The van der Waals surface area contributed by atoms with Crippen molar-refractivity contribution in [3.05, 3.63) is 89.0 Å². The number of ether oxygens (including phenoxy) is 1. The van der Waals surface area contributed by atoms with Crippen molar-refractivity contribution in [1.29, 1.82) is 0 Å². The quantitative estimate of drug-likeness (QED) is 0.254. The Bertz CT molecular complexity index is 1550. The second kappa shape index (κ2) is 7.99. The van der Waals surface area contributed by atoms with E-state index in [2.05, 4.69) is 9.97 Å². The molecule has 6 rings (SSSR count). The molecule has 2 aromatic heterocycles. The Morgan fingerprint density at radius 3 is 2.86 bits per heavy atom. The number of hydrogen-bond donors (Lipinski definition) is 1. The molecule has 0 unspecified atom stereocenters. The van der Waals surface area contributed by atoms with Crippen LogP contribution in [0.1, 0.15) is 29.7 Å². The third-order valence-electron chi connectivity index (χ3n) is 6.16. The molecule has 7 nitrogen and oxygen atoms in total. The van der Waals surface area contributed by atoms with Gasteiger partial charge in [-0.2, -0.15) is 0 Å². The number of benzene rings is 2. The van der Waals surface area contributed by atoms with Gasteiger partial charge in [-0.25, -0.2) is 9.37 Å². The van der Waals surface area contributed by atoms with Crippen LogP contribution in [0.3, 0.4) is 0 Å². The molecule has 1 fully saturated rings. The number of hydrogen-bond acceptors (Lipinski definition) is 7. The zero-order valence-corrected chi connectivity index (χ0v) is 19.3. The van der Waals surface area contributed by atoms with Gasteiger partial charge in [0.25, 0.3) is 5.78 Å². The summed E-state index contributed by atoms with van der Waals surface area (Å²) >= 11 is 1.10. The highest BCUT2D eigenvalue weighted by molar-refractivity contribution is 7.22. The molecule has 0 radical (unpaired) electrons. The zero-order valence-electron chi connectivity index (χ0n) is 18.4. The largest absolute Gasteiger partial charge is 0.507 e. The first-order valence-corrected chi connectivity index (χ1v) is 11.8. The molecule has 4 aromatic rings. The number of carbonyl (C=O) groups excluding carboxylic acids is 2. The van der Waals surface area contributed by atoms with E-state index in [0.29, 0.717) is 27.8 Å². The third-order valence-corrected chi connectivity index (χ3v) is 7.18. The van der Waals surface area contributed by atoms with Gasteiger partial charge in [-0.1, -0.05) is 17.4 Å². The summed E-state index contributed by atoms with van der Waals surface area (Å²) < 4.78 is 20.0. The number of aliphatic hydroxyl groups is 1. The van der Waals surface area contributed by atoms with Crippen LogP contribution < -0.4 is 9.64 Å². The van der Waals surface area contributed by atoms with Crippen molar-refractivity contribution in [2.24, 2.45) is 0 Å². The SMILES string of the molecule is C[C@@H]1Cc2cc(/C(O)=C3\C(=O)C(=O)N(c4nc5ccc(F)cc5s4)[C@@H]3c3cccnc3)ccc2O1. The average molecular weight is 488 g/mol. The highest BCUT2D eigenvalue weighted by Gasteiger charge is 2.48. The molecule has 2 atom stereocenters. The number of nitrogens with zero attached hydrogens (tertiary/aromatic N) is 3. The van der Waals surface area contributed by atoms with E-state index in [0.717, 1.165) is 22.6 Å². The molecule has 0 aliphatic carbocycles. The summed E-state index contributed by atoms with van der Waals surface area (Å²) in [6, 6.07) is 11.8. The lowest BCUT2D eigenvalue weighted by Crippen LogP contribution is -2.29. The number of thiazole rings is 1. The number of pyridine rings is 1. The number of ketones is 1. The molecular formula is C26H18FN3O4S. The number of aromatic nitrogens is 2. The Morgan fingerprint density at radius 2 is 2.06 bits per heavy atom. The van der Waals surface area contributed by atoms with Gasteiger partial charge in [-0.05, 0) is 60.5 Å². The van der Waals surface area contributed by atoms with Crippen LogP contribution in [0.15, 0.2) is 66.5 Å². The number of rotatable bonds is 3. The fourth-order valence-corrected chi connectivity index (χ4v) is 5.61. The highest BCUT2D eigenvalue weighted by atomic mass is 32.1. The summed E-state index contributed by atoms with van der Waals surface area (Å²) in [7, 11) is 0. The van der Waals surface area contributed by atoms with Crippen molar-refractivity contribution in [1.82, 2.24) is 9.97 Å². The first-order valence-electron chi connectivity index (χ1n) is 11.0. The van der Waals surface area contributed by atoms with Crippen LogP contribution in [-0.2, 0) is 16.0 Å². The maximum atomic E-state index is 13.8. The molecule has 1 N–H and O–H groups in total. The number of aliphatic hydroxyl groups excluding tert-OH is 1. The van der Waals surface area contributed by atoms with Gasteiger partial charge in [0, 0.05) is 24.4 Å².